The van der Waals surface area contributed by atoms with Gasteiger partial charge in [-0.2, -0.15) is 10.1 Å². The molecule has 5 heterocycles. The van der Waals surface area contributed by atoms with Crippen LogP contribution in [-0.2, 0) is 0 Å². The Bertz CT molecular complexity index is 1160. The molecule has 2 aliphatic heterocycles. The number of β-amino-alcohol motifs (C(OH)–C–C–N with tert-alkyl or cyclic N) is 2. The van der Waals surface area contributed by atoms with Crippen molar-refractivity contribution in [2.75, 3.05) is 41.3 Å². The summed E-state index contributed by atoms with van der Waals surface area (Å²) in [5, 5.41) is 39.1. The Morgan fingerprint density at radius 3 is 2.44 bits per heavy atom. The van der Waals surface area contributed by atoms with Gasteiger partial charge in [0.1, 0.15) is 11.6 Å². The van der Waals surface area contributed by atoms with Crippen LogP contribution in [0.5, 0.6) is 0 Å². The minimum absolute atomic E-state index is 0.117. The Morgan fingerprint density at radius 1 is 1.06 bits per heavy atom. The van der Waals surface area contributed by atoms with E-state index in [1.807, 2.05) is 22.6 Å². The van der Waals surface area contributed by atoms with E-state index >= 15 is 0 Å². The Hall–Kier alpha value is -3.02. The molecule has 0 unspecified atom stereocenters. The summed E-state index contributed by atoms with van der Waals surface area (Å²) >= 11 is 0. The normalized spacial score (nSPS) is 22.7. The monoisotopic (exact) mass is 468 g/mol. The highest BCUT2D eigenvalue weighted by Gasteiger charge is 2.32. The molecule has 0 spiro atoms. The number of pyridine rings is 1. The molecule has 3 aromatic rings. The summed E-state index contributed by atoms with van der Waals surface area (Å²) in [5.74, 6) is 2.61. The van der Waals surface area contributed by atoms with Crippen LogP contribution in [0, 0.1) is 0 Å². The molecular weight excluding hydrogens is 436 g/mol. The molecule has 11 heteroatoms. The molecule has 2 saturated heterocycles. The predicted octanol–water partition coefficient (Wildman–Crippen LogP) is 1.44. The van der Waals surface area contributed by atoms with Gasteiger partial charge in [0.25, 0.3) is 0 Å². The van der Waals surface area contributed by atoms with Gasteiger partial charge in [-0.05, 0) is 39.7 Å². The van der Waals surface area contributed by atoms with E-state index in [4.69, 9.17) is 5.10 Å². The highest BCUT2D eigenvalue weighted by Crippen LogP contribution is 2.32. The maximum Gasteiger partial charge on any atom is 0.227 e. The van der Waals surface area contributed by atoms with Crippen LogP contribution in [0.2, 0.25) is 0 Å². The van der Waals surface area contributed by atoms with Gasteiger partial charge in [0, 0.05) is 50.7 Å². The molecule has 2 fully saturated rings. The smallest absolute Gasteiger partial charge is 0.227 e. The van der Waals surface area contributed by atoms with Crippen LogP contribution in [0.3, 0.4) is 0 Å². The van der Waals surface area contributed by atoms with E-state index in [9.17, 15) is 15.3 Å². The summed E-state index contributed by atoms with van der Waals surface area (Å²) in [6.45, 7) is 8.07. The molecule has 0 aromatic carbocycles. The number of nitrogens with one attached hydrogen (secondary N) is 1. The number of hydrogen-bond acceptors (Lipinski definition) is 10. The molecule has 0 bridgehead atoms. The van der Waals surface area contributed by atoms with Crippen LogP contribution < -0.4 is 15.1 Å². The highest BCUT2D eigenvalue weighted by molar-refractivity contribution is 5.92. The molecule has 5 rings (SSSR count). The first kappa shape index (κ1) is 22.8. The minimum Gasteiger partial charge on any atom is -0.390 e. The van der Waals surface area contributed by atoms with Crippen molar-refractivity contribution in [3.63, 3.8) is 0 Å². The van der Waals surface area contributed by atoms with Gasteiger partial charge in [0.15, 0.2) is 5.82 Å². The van der Waals surface area contributed by atoms with Gasteiger partial charge in [0.2, 0.25) is 5.95 Å². The fourth-order valence-corrected chi connectivity index (χ4v) is 4.54. The van der Waals surface area contributed by atoms with E-state index in [1.54, 1.807) is 18.5 Å². The van der Waals surface area contributed by atoms with Gasteiger partial charge in [-0.25, -0.2) is 9.97 Å². The topological polar surface area (TPSA) is 136 Å². The van der Waals surface area contributed by atoms with Gasteiger partial charge in [-0.15, -0.1) is 0 Å². The molecule has 2 atom stereocenters. The first-order valence-electron chi connectivity index (χ1n) is 11.8. The van der Waals surface area contributed by atoms with E-state index in [0.717, 1.165) is 10.9 Å². The van der Waals surface area contributed by atoms with E-state index in [-0.39, 0.29) is 6.04 Å². The number of aliphatic hydroxyl groups is 3. The predicted molar refractivity (Wildman–Crippen MR) is 130 cm³/mol. The zero-order valence-corrected chi connectivity index (χ0v) is 19.8. The molecule has 0 saturated carbocycles. The van der Waals surface area contributed by atoms with E-state index in [2.05, 4.69) is 39.0 Å². The summed E-state index contributed by atoms with van der Waals surface area (Å²) in [6.07, 6.45) is 3.27. The standard InChI is InChI=1S/C23H32N8O3/c1-14(2)31-16-10-20(25-11-15(16)21(28-31)30-12-17(32)18(33)13-30)26-19-4-7-24-22(27-19)29-8-5-23(3,34)6-9-29/h4,7,10-11,14,17-18,32-34H,5-6,8-9,12-13H2,1-3H3,(H,24,25,26,27)/t17-,18-/m0/s1. The average Bonchev–Trinajstić information content (AvgIpc) is 3.33. The van der Waals surface area contributed by atoms with Crippen LogP contribution >= 0.6 is 0 Å². The lowest BCUT2D eigenvalue weighted by Crippen LogP contribution is -2.43. The van der Waals surface area contributed by atoms with Crippen molar-refractivity contribution in [3.05, 3.63) is 24.5 Å². The lowest BCUT2D eigenvalue weighted by atomic mass is 9.94. The van der Waals surface area contributed by atoms with Gasteiger partial charge in [-0.3, -0.25) is 4.68 Å². The van der Waals surface area contributed by atoms with Crippen LogP contribution in [-0.4, -0.2) is 84.0 Å². The zero-order chi connectivity index (χ0) is 24.0. The van der Waals surface area contributed by atoms with Crippen molar-refractivity contribution in [2.45, 2.75) is 57.5 Å². The van der Waals surface area contributed by atoms with Crippen LogP contribution in [0.1, 0.15) is 39.7 Å². The van der Waals surface area contributed by atoms with E-state index in [0.29, 0.717) is 62.4 Å². The molecule has 11 nitrogen and oxygen atoms in total. The van der Waals surface area contributed by atoms with E-state index in [1.165, 1.54) is 0 Å². The third kappa shape index (κ3) is 4.38. The number of piperidine rings is 1. The largest absolute Gasteiger partial charge is 0.390 e. The SMILES string of the molecule is CC(C)n1nc(N2C[C@H](O)[C@@H](O)C2)c2cnc(Nc3ccnc(N4CCC(C)(O)CC4)n3)cc21. The summed E-state index contributed by atoms with van der Waals surface area (Å²) in [6, 6.07) is 3.85. The van der Waals surface area contributed by atoms with Gasteiger partial charge < -0.3 is 30.4 Å². The molecule has 2 aliphatic rings. The van der Waals surface area contributed by atoms with Crippen molar-refractivity contribution in [1.29, 1.82) is 0 Å². The Morgan fingerprint density at radius 2 is 1.76 bits per heavy atom. The lowest BCUT2D eigenvalue weighted by molar-refractivity contribution is 0.0349. The average molecular weight is 469 g/mol. The summed E-state index contributed by atoms with van der Waals surface area (Å²) in [7, 11) is 0. The van der Waals surface area contributed by atoms with Crippen LogP contribution in [0.4, 0.5) is 23.4 Å². The number of nitrogens with zero attached hydrogens (tertiary/aromatic N) is 7. The second kappa shape index (κ2) is 8.64. The number of fused-ring (bicyclic) bond motifs is 1. The lowest BCUT2D eigenvalue weighted by Gasteiger charge is -2.35. The number of rotatable bonds is 5. The Labute approximate surface area is 198 Å². The number of aliphatic hydroxyl groups excluding tert-OH is 2. The maximum atomic E-state index is 10.2. The first-order valence-corrected chi connectivity index (χ1v) is 11.8. The third-order valence-corrected chi connectivity index (χ3v) is 6.64. The Kier molecular flexibility index (Phi) is 5.78. The summed E-state index contributed by atoms with van der Waals surface area (Å²) < 4.78 is 1.93. The van der Waals surface area contributed by atoms with Gasteiger partial charge >= 0.3 is 0 Å². The van der Waals surface area contributed by atoms with Crippen molar-refractivity contribution in [3.8, 4) is 0 Å². The molecule has 182 valence electrons. The van der Waals surface area contributed by atoms with Crippen molar-refractivity contribution < 1.29 is 15.3 Å². The fraction of sp³-hybridized carbons (Fsp3) is 0.565. The zero-order valence-electron chi connectivity index (χ0n) is 19.8. The molecule has 4 N–H and O–H groups in total. The molecule has 0 radical (unpaired) electrons. The first-order chi connectivity index (χ1) is 16.2. The quantitative estimate of drug-likeness (QED) is 0.435. The third-order valence-electron chi connectivity index (χ3n) is 6.64. The second-order valence-corrected chi connectivity index (χ2v) is 9.84. The fourth-order valence-electron chi connectivity index (χ4n) is 4.54. The molecule has 34 heavy (non-hydrogen) atoms. The highest BCUT2D eigenvalue weighted by atomic mass is 16.3. The van der Waals surface area contributed by atoms with Gasteiger partial charge in [-0.1, -0.05) is 0 Å². The summed E-state index contributed by atoms with van der Waals surface area (Å²) in [4.78, 5) is 17.6. The number of anilines is 4. The molecular formula is C23H32N8O3. The van der Waals surface area contributed by atoms with Gasteiger partial charge in [0.05, 0.1) is 28.7 Å². The molecule has 3 aromatic heterocycles. The Balaban J connectivity index is 1.40. The van der Waals surface area contributed by atoms with Crippen molar-refractivity contribution >= 4 is 34.3 Å². The van der Waals surface area contributed by atoms with Crippen LogP contribution in [0.25, 0.3) is 10.9 Å². The number of hydrogen-bond donors (Lipinski definition) is 4. The van der Waals surface area contributed by atoms with Crippen molar-refractivity contribution in [1.82, 2.24) is 24.7 Å². The maximum absolute atomic E-state index is 10.2. The number of aromatic nitrogens is 5. The van der Waals surface area contributed by atoms with Crippen molar-refractivity contribution in [2.24, 2.45) is 0 Å². The second-order valence-electron chi connectivity index (χ2n) is 9.84. The van der Waals surface area contributed by atoms with E-state index < -0.39 is 17.8 Å². The molecule has 0 amide bonds. The minimum atomic E-state index is -0.786. The molecule has 0 aliphatic carbocycles. The summed E-state index contributed by atoms with van der Waals surface area (Å²) in [5.41, 5.74) is 0.278. The van der Waals surface area contributed by atoms with Crippen LogP contribution in [0.15, 0.2) is 24.5 Å².